The van der Waals surface area contributed by atoms with Crippen molar-refractivity contribution in [1.82, 2.24) is 0 Å². The zero-order chi connectivity index (χ0) is 30.8. The molecule has 1 aliphatic rings. The lowest BCUT2D eigenvalue weighted by Crippen LogP contribution is -1.90. The van der Waals surface area contributed by atoms with Crippen LogP contribution in [0.2, 0.25) is 0 Å². The first-order valence-electron chi connectivity index (χ1n) is 12.1. The second kappa shape index (κ2) is 27.3. The summed E-state index contributed by atoms with van der Waals surface area (Å²) in [5.41, 5.74) is 4.60. The molecule has 0 N–H and O–H groups in total. The van der Waals surface area contributed by atoms with E-state index in [2.05, 4.69) is 37.0 Å². The molecule has 220 valence electrons. The number of ether oxygens (including phenoxy) is 1. The van der Waals surface area contributed by atoms with Crippen LogP contribution < -0.4 is 0 Å². The van der Waals surface area contributed by atoms with E-state index in [1.54, 1.807) is 0 Å². The van der Waals surface area contributed by atoms with E-state index in [9.17, 15) is 30.7 Å². The van der Waals surface area contributed by atoms with Crippen LogP contribution in [-0.4, -0.2) is 28.1 Å². The number of allylic oxidation sites excluding steroid dienone is 7. The molecule has 1 nitrogen and oxygen atoms in total. The van der Waals surface area contributed by atoms with Crippen LogP contribution in [0.3, 0.4) is 0 Å². The maximum Gasteiger partial charge on any atom is 0.161 e. The lowest BCUT2D eigenvalue weighted by Gasteiger charge is -2.08. The summed E-state index contributed by atoms with van der Waals surface area (Å²) >= 11 is 0. The van der Waals surface area contributed by atoms with Gasteiger partial charge in [-0.2, -0.15) is 0 Å². The van der Waals surface area contributed by atoms with Crippen molar-refractivity contribution in [1.29, 1.82) is 0 Å². The Morgan fingerprint density at radius 3 is 1.82 bits per heavy atom. The fourth-order valence-corrected chi connectivity index (χ4v) is 2.96. The average Bonchev–Trinajstić information content (AvgIpc) is 3.30. The Kier molecular flexibility index (Phi) is 30.4. The van der Waals surface area contributed by atoms with E-state index < -0.39 is 23.3 Å². The third-order valence-electron chi connectivity index (χ3n) is 4.53. The first-order valence-corrected chi connectivity index (χ1v) is 12.1. The monoisotopic (exact) mass is 554 g/mol. The van der Waals surface area contributed by atoms with Gasteiger partial charge in [-0.3, -0.25) is 13.2 Å². The normalized spacial score (nSPS) is 13.9. The number of benzene rings is 1. The van der Waals surface area contributed by atoms with Gasteiger partial charge < -0.3 is 4.74 Å². The molecule has 1 aliphatic carbocycles. The molecule has 38 heavy (non-hydrogen) atoms. The molecule has 1 aromatic carbocycles. The van der Waals surface area contributed by atoms with Gasteiger partial charge in [-0.05, 0) is 67.4 Å². The largest absolute Gasteiger partial charge is 0.497 e. The lowest BCUT2D eigenvalue weighted by molar-refractivity contribution is 0.306. The summed E-state index contributed by atoms with van der Waals surface area (Å²) < 4.78 is 84.1. The third-order valence-corrected chi connectivity index (χ3v) is 4.53. The smallest absolute Gasteiger partial charge is 0.161 e. The van der Waals surface area contributed by atoms with Gasteiger partial charge in [0.2, 0.25) is 0 Å². The van der Waals surface area contributed by atoms with Gasteiger partial charge in [0.15, 0.2) is 17.5 Å². The number of alkyl halides is 3. The average molecular weight is 555 g/mol. The highest BCUT2D eigenvalue weighted by atomic mass is 19.2. The number of fused-ring (bicyclic) bond motifs is 1. The quantitative estimate of drug-likeness (QED) is 0.193. The van der Waals surface area contributed by atoms with Crippen molar-refractivity contribution < 1.29 is 35.5 Å². The minimum Gasteiger partial charge on any atom is -0.497 e. The van der Waals surface area contributed by atoms with E-state index in [0.29, 0.717) is 26.7 Å². The number of methoxy groups -OCH3 is 1. The Labute approximate surface area is 225 Å². The molecule has 0 bridgehead atoms. The first-order chi connectivity index (χ1) is 18.0. The molecule has 0 aromatic heterocycles. The number of hydrogen-bond donors (Lipinski definition) is 0. The molecule has 1 atom stereocenters. The van der Waals surface area contributed by atoms with Crippen LogP contribution in [0, 0.1) is 5.92 Å². The molecule has 0 heterocycles. The van der Waals surface area contributed by atoms with Crippen molar-refractivity contribution in [2.75, 3.05) is 28.1 Å². The van der Waals surface area contributed by atoms with E-state index in [1.807, 2.05) is 26.8 Å². The lowest BCUT2D eigenvalue weighted by atomic mass is 9.98. The van der Waals surface area contributed by atoms with Gasteiger partial charge in [0.05, 0.1) is 28.1 Å². The highest BCUT2D eigenvalue weighted by Crippen LogP contribution is 2.30. The molecule has 1 unspecified atom stereocenters. The predicted molar refractivity (Wildman–Crippen MR) is 149 cm³/mol. The summed E-state index contributed by atoms with van der Waals surface area (Å²) in [7, 11) is 2.31. The number of rotatable bonds is 6. The van der Waals surface area contributed by atoms with Gasteiger partial charge in [-0.25, -0.2) is 17.6 Å². The Morgan fingerprint density at radius 1 is 0.947 bits per heavy atom. The fourth-order valence-electron chi connectivity index (χ4n) is 2.96. The molecule has 0 saturated heterocycles. The molecule has 0 spiro atoms. The summed E-state index contributed by atoms with van der Waals surface area (Å²) in [4.78, 5) is 0. The Hall–Kier alpha value is -2.77. The third kappa shape index (κ3) is 19.4. The van der Waals surface area contributed by atoms with Crippen LogP contribution in [-0.2, 0) is 17.6 Å². The van der Waals surface area contributed by atoms with Crippen LogP contribution in [0.4, 0.5) is 30.7 Å². The summed E-state index contributed by atoms with van der Waals surface area (Å²) in [6.45, 7) is 16.5. The van der Waals surface area contributed by atoms with Gasteiger partial charge in [0.1, 0.15) is 11.6 Å². The molecule has 0 saturated carbocycles. The maximum atomic E-state index is 13.4. The Balaban J connectivity index is -0.000000257. The highest BCUT2D eigenvalue weighted by Gasteiger charge is 2.18. The van der Waals surface area contributed by atoms with Crippen LogP contribution >= 0.6 is 0 Å². The minimum atomic E-state index is -1.13. The van der Waals surface area contributed by atoms with E-state index in [1.165, 1.54) is 31.2 Å². The predicted octanol–water partition coefficient (Wildman–Crippen LogP) is 11.0. The second-order valence-electron chi connectivity index (χ2n) is 7.24. The standard InChI is InChI=1S/C17H20F2.C7H8F2O.C2H5F.C2H6.2CH3F/c1-4-13(10-17(19)12(3)18)15-6-5-14-7-11(2)8-16(14)9-15;1-5(10-3)4-7(9)6(2)8;1-2-3;3*1-2/h5-6,9-11H,4,7-8H2,1-3H3;4H,1-2H2,3H3;2H2,1H3;1-2H3;2*1H3/b13-10+,17-12-;7-4+;;;;. The van der Waals surface area contributed by atoms with E-state index in [4.69, 9.17) is 0 Å². The van der Waals surface area contributed by atoms with Crippen LogP contribution in [0.25, 0.3) is 5.57 Å². The molecular weight excluding hydrogens is 509 g/mol. The van der Waals surface area contributed by atoms with E-state index in [-0.39, 0.29) is 12.4 Å². The molecular formula is C30H45F7O. The SMILES string of the molecule is C=C(/C=C(/F)C(=C)F)OC.CC.CC/C(=C\C(F)=C(/C)F)c1ccc2c(c1)CC(C)C2.CCF.CF.CF. The van der Waals surface area contributed by atoms with Gasteiger partial charge in [-0.15, -0.1) is 0 Å². The van der Waals surface area contributed by atoms with Gasteiger partial charge in [-0.1, -0.05) is 59.1 Å². The van der Waals surface area contributed by atoms with Crippen LogP contribution in [0.1, 0.15) is 64.7 Å². The molecule has 0 fully saturated rings. The molecule has 1 aromatic rings. The van der Waals surface area contributed by atoms with E-state index >= 15 is 0 Å². The molecule has 8 heteroatoms. The minimum absolute atomic E-state index is 0.0521. The van der Waals surface area contributed by atoms with Crippen molar-refractivity contribution in [3.8, 4) is 0 Å². The van der Waals surface area contributed by atoms with Crippen molar-refractivity contribution in [3.05, 3.63) is 89.3 Å². The Bertz CT molecular complexity index is 867. The van der Waals surface area contributed by atoms with Crippen molar-refractivity contribution >= 4 is 5.57 Å². The molecule has 0 radical (unpaired) electrons. The van der Waals surface area contributed by atoms with Crippen molar-refractivity contribution in [2.45, 2.75) is 60.8 Å². The topological polar surface area (TPSA) is 9.23 Å². The second-order valence-corrected chi connectivity index (χ2v) is 7.24. The summed E-state index contributed by atoms with van der Waals surface area (Å²) in [6, 6.07) is 6.28. The van der Waals surface area contributed by atoms with Crippen molar-refractivity contribution in [2.24, 2.45) is 5.92 Å². The van der Waals surface area contributed by atoms with Crippen molar-refractivity contribution in [3.63, 3.8) is 0 Å². The fraction of sp³-hybridized carbons (Fsp3) is 0.467. The zero-order valence-corrected chi connectivity index (χ0v) is 24.3. The number of hydrogen-bond acceptors (Lipinski definition) is 1. The van der Waals surface area contributed by atoms with Crippen LogP contribution in [0.5, 0.6) is 0 Å². The highest BCUT2D eigenvalue weighted by molar-refractivity contribution is 5.68. The van der Waals surface area contributed by atoms with Gasteiger partial charge >= 0.3 is 0 Å². The van der Waals surface area contributed by atoms with Gasteiger partial charge in [0, 0.05) is 6.08 Å². The summed E-state index contributed by atoms with van der Waals surface area (Å²) in [5.74, 6) is -2.99. The number of halogens is 7. The van der Waals surface area contributed by atoms with Crippen LogP contribution in [0.15, 0.2) is 72.6 Å². The summed E-state index contributed by atoms with van der Waals surface area (Å²) in [6.07, 6.45) is 5.03. The molecule has 2 rings (SSSR count). The summed E-state index contributed by atoms with van der Waals surface area (Å²) in [5, 5.41) is 0. The zero-order valence-electron chi connectivity index (χ0n) is 24.3. The molecule has 0 amide bonds. The maximum absolute atomic E-state index is 13.4. The molecule has 0 aliphatic heterocycles. The Morgan fingerprint density at radius 2 is 1.42 bits per heavy atom. The van der Waals surface area contributed by atoms with E-state index in [0.717, 1.165) is 37.0 Å². The first kappa shape index (κ1) is 42.3. The van der Waals surface area contributed by atoms with Gasteiger partial charge in [0.25, 0.3) is 0 Å².